The van der Waals surface area contributed by atoms with E-state index in [2.05, 4.69) is 24.8 Å². The summed E-state index contributed by atoms with van der Waals surface area (Å²) in [5.41, 5.74) is 1.95. The molecular weight excluding hydrogens is 302 g/mol. The van der Waals surface area contributed by atoms with Gasteiger partial charge in [-0.25, -0.2) is 15.0 Å². The van der Waals surface area contributed by atoms with Gasteiger partial charge in [0.25, 0.3) is 0 Å². The van der Waals surface area contributed by atoms with Crippen molar-refractivity contribution < 1.29 is 4.74 Å². The number of benzene rings is 1. The van der Waals surface area contributed by atoms with Gasteiger partial charge in [-0.1, -0.05) is 0 Å². The zero-order chi connectivity index (χ0) is 16.8. The number of ether oxygens (including phenoxy) is 1. The van der Waals surface area contributed by atoms with Crippen molar-refractivity contribution in [3.63, 3.8) is 0 Å². The summed E-state index contributed by atoms with van der Waals surface area (Å²) in [5.74, 6) is 2.43. The molecule has 0 aliphatic rings. The van der Waals surface area contributed by atoms with Gasteiger partial charge in [-0.2, -0.15) is 0 Å². The minimum absolute atomic E-state index is 0.750. The minimum atomic E-state index is 0.750. The number of anilines is 1. The lowest BCUT2D eigenvalue weighted by atomic mass is 10.1. The van der Waals surface area contributed by atoms with E-state index in [0.29, 0.717) is 0 Å². The maximum atomic E-state index is 5.20. The summed E-state index contributed by atoms with van der Waals surface area (Å²) < 4.78 is 7.26. The van der Waals surface area contributed by atoms with E-state index in [9.17, 15) is 0 Å². The fraction of sp³-hybridized carbons (Fsp3) is 0.278. The van der Waals surface area contributed by atoms with Crippen LogP contribution in [0.2, 0.25) is 0 Å². The Morgan fingerprint density at radius 3 is 2.71 bits per heavy atom. The molecule has 0 saturated carbocycles. The van der Waals surface area contributed by atoms with E-state index in [1.165, 1.54) is 0 Å². The molecule has 3 aromatic rings. The Morgan fingerprint density at radius 1 is 1.17 bits per heavy atom. The molecule has 0 aliphatic heterocycles. The number of rotatable bonds is 7. The second-order valence-electron chi connectivity index (χ2n) is 5.49. The average molecular weight is 323 g/mol. The third kappa shape index (κ3) is 4.10. The van der Waals surface area contributed by atoms with Crippen molar-refractivity contribution in [3.05, 3.63) is 54.9 Å². The molecule has 2 aromatic heterocycles. The molecule has 0 radical (unpaired) electrons. The van der Waals surface area contributed by atoms with Gasteiger partial charge in [-0.05, 0) is 37.6 Å². The molecule has 1 N–H and O–H groups in total. The predicted octanol–water partition coefficient (Wildman–Crippen LogP) is 3.16. The van der Waals surface area contributed by atoms with E-state index in [1.54, 1.807) is 13.3 Å². The van der Waals surface area contributed by atoms with E-state index >= 15 is 0 Å². The summed E-state index contributed by atoms with van der Waals surface area (Å²) in [4.78, 5) is 13.0. The first-order chi connectivity index (χ1) is 11.7. The maximum absolute atomic E-state index is 5.20. The predicted molar refractivity (Wildman–Crippen MR) is 94.1 cm³/mol. The second-order valence-corrected chi connectivity index (χ2v) is 5.49. The largest absolute Gasteiger partial charge is 0.497 e. The van der Waals surface area contributed by atoms with Gasteiger partial charge in [-0.15, -0.1) is 0 Å². The van der Waals surface area contributed by atoms with E-state index in [1.807, 2.05) is 49.8 Å². The number of aryl methyl sites for hydroxylation is 2. The van der Waals surface area contributed by atoms with Crippen LogP contribution >= 0.6 is 0 Å². The van der Waals surface area contributed by atoms with Gasteiger partial charge in [0.2, 0.25) is 0 Å². The zero-order valence-corrected chi connectivity index (χ0v) is 13.9. The SMILES string of the molecule is COc1ccc(-c2cc(NCCCn3ccnc3)nc(C)n2)cc1. The minimum Gasteiger partial charge on any atom is -0.497 e. The van der Waals surface area contributed by atoms with Crippen LogP contribution in [0.25, 0.3) is 11.3 Å². The first-order valence-corrected chi connectivity index (χ1v) is 7.94. The number of nitrogens with zero attached hydrogens (tertiary/aromatic N) is 4. The van der Waals surface area contributed by atoms with Gasteiger partial charge >= 0.3 is 0 Å². The van der Waals surface area contributed by atoms with Crippen LogP contribution in [0.5, 0.6) is 5.75 Å². The third-order valence-corrected chi connectivity index (χ3v) is 3.68. The lowest BCUT2D eigenvalue weighted by molar-refractivity contribution is 0.415. The van der Waals surface area contributed by atoms with Crippen LogP contribution in [0.4, 0.5) is 5.82 Å². The lowest BCUT2D eigenvalue weighted by Crippen LogP contribution is -2.08. The van der Waals surface area contributed by atoms with Crippen LogP contribution in [0.3, 0.4) is 0 Å². The fourth-order valence-corrected chi connectivity index (χ4v) is 2.47. The van der Waals surface area contributed by atoms with Crippen molar-refractivity contribution in [1.82, 2.24) is 19.5 Å². The Hall–Kier alpha value is -2.89. The van der Waals surface area contributed by atoms with Gasteiger partial charge in [0.15, 0.2) is 0 Å². The molecule has 0 bridgehead atoms. The molecule has 0 aliphatic carbocycles. The van der Waals surface area contributed by atoms with Crippen molar-refractivity contribution in [2.45, 2.75) is 19.9 Å². The Bertz CT molecular complexity index is 769. The Kier molecular flexibility index (Phi) is 5.05. The van der Waals surface area contributed by atoms with Crippen molar-refractivity contribution in [3.8, 4) is 17.0 Å². The van der Waals surface area contributed by atoms with Crippen LogP contribution in [0.1, 0.15) is 12.2 Å². The number of methoxy groups -OCH3 is 1. The van der Waals surface area contributed by atoms with Gasteiger partial charge in [0.05, 0.1) is 19.1 Å². The van der Waals surface area contributed by atoms with Gasteiger partial charge in [0, 0.05) is 37.1 Å². The van der Waals surface area contributed by atoms with Crippen LogP contribution in [-0.2, 0) is 6.54 Å². The Morgan fingerprint density at radius 2 is 2.00 bits per heavy atom. The molecule has 6 nitrogen and oxygen atoms in total. The number of aromatic nitrogens is 4. The maximum Gasteiger partial charge on any atom is 0.130 e. The molecule has 0 amide bonds. The summed E-state index contributed by atoms with van der Waals surface area (Å²) in [6.45, 7) is 3.68. The first kappa shape index (κ1) is 16.0. The van der Waals surface area contributed by atoms with Crippen LogP contribution in [0, 0.1) is 6.92 Å². The molecular formula is C18H21N5O. The average Bonchev–Trinajstić information content (AvgIpc) is 3.12. The topological polar surface area (TPSA) is 64.9 Å². The third-order valence-electron chi connectivity index (χ3n) is 3.68. The molecule has 6 heteroatoms. The summed E-state index contributed by atoms with van der Waals surface area (Å²) >= 11 is 0. The summed E-state index contributed by atoms with van der Waals surface area (Å²) in [6, 6.07) is 9.86. The highest BCUT2D eigenvalue weighted by Gasteiger charge is 2.05. The quantitative estimate of drug-likeness (QED) is 0.677. The molecule has 2 heterocycles. The van der Waals surface area contributed by atoms with Gasteiger partial charge in [0.1, 0.15) is 17.4 Å². The highest BCUT2D eigenvalue weighted by Crippen LogP contribution is 2.22. The number of imidazole rings is 1. The van der Waals surface area contributed by atoms with Gasteiger partial charge in [-0.3, -0.25) is 0 Å². The van der Waals surface area contributed by atoms with Gasteiger partial charge < -0.3 is 14.6 Å². The monoisotopic (exact) mass is 323 g/mol. The van der Waals surface area contributed by atoms with Crippen molar-refractivity contribution in [2.24, 2.45) is 0 Å². The molecule has 124 valence electrons. The highest BCUT2D eigenvalue weighted by atomic mass is 16.5. The van der Waals surface area contributed by atoms with E-state index < -0.39 is 0 Å². The molecule has 0 atom stereocenters. The molecule has 3 rings (SSSR count). The number of hydrogen-bond acceptors (Lipinski definition) is 5. The Labute approximate surface area is 141 Å². The van der Waals surface area contributed by atoms with Crippen LogP contribution < -0.4 is 10.1 Å². The second kappa shape index (κ2) is 7.59. The number of nitrogens with one attached hydrogen (secondary N) is 1. The Balaban J connectivity index is 1.64. The van der Waals surface area contributed by atoms with Crippen LogP contribution in [-0.4, -0.2) is 33.2 Å². The number of hydrogen-bond donors (Lipinski definition) is 1. The van der Waals surface area contributed by atoms with Crippen LogP contribution in [0.15, 0.2) is 49.1 Å². The first-order valence-electron chi connectivity index (χ1n) is 7.94. The molecule has 0 unspecified atom stereocenters. The normalized spacial score (nSPS) is 10.6. The zero-order valence-electron chi connectivity index (χ0n) is 13.9. The van der Waals surface area contributed by atoms with Crippen molar-refractivity contribution >= 4 is 5.82 Å². The molecule has 0 spiro atoms. The highest BCUT2D eigenvalue weighted by molar-refractivity contribution is 5.63. The van der Waals surface area contributed by atoms with Crippen molar-refractivity contribution in [2.75, 3.05) is 19.0 Å². The fourth-order valence-electron chi connectivity index (χ4n) is 2.47. The van der Waals surface area contributed by atoms with E-state index in [-0.39, 0.29) is 0 Å². The molecule has 0 fully saturated rings. The summed E-state index contributed by atoms with van der Waals surface area (Å²) in [5, 5.41) is 3.37. The smallest absolute Gasteiger partial charge is 0.130 e. The van der Waals surface area contributed by atoms with Crippen molar-refractivity contribution in [1.29, 1.82) is 0 Å². The molecule has 0 saturated heterocycles. The lowest BCUT2D eigenvalue weighted by Gasteiger charge is -2.09. The molecule has 1 aromatic carbocycles. The van der Waals surface area contributed by atoms with E-state index in [4.69, 9.17) is 4.74 Å². The summed E-state index contributed by atoms with van der Waals surface area (Å²) in [7, 11) is 1.66. The molecule has 24 heavy (non-hydrogen) atoms. The standard InChI is InChI=1S/C18H21N5O/c1-14-21-17(15-4-6-16(24-2)7-5-15)12-18(22-14)20-8-3-10-23-11-9-19-13-23/h4-7,9,11-13H,3,8,10H2,1-2H3,(H,20,21,22). The van der Waals surface area contributed by atoms with E-state index in [0.717, 1.165) is 48.2 Å². The summed E-state index contributed by atoms with van der Waals surface area (Å²) in [6.07, 6.45) is 6.59.